The topological polar surface area (TPSA) is 111 Å². The van der Waals surface area contributed by atoms with Gasteiger partial charge in [-0.25, -0.2) is 0 Å². The molecule has 174 valence electrons. The van der Waals surface area contributed by atoms with Gasteiger partial charge in [0.05, 0.1) is 15.9 Å². The Balaban J connectivity index is 3.73. The molecule has 0 saturated carbocycles. The number of anilines is 1. The van der Waals surface area contributed by atoms with Crippen LogP contribution in [0.3, 0.4) is 0 Å². The van der Waals surface area contributed by atoms with Gasteiger partial charge in [-0.3, -0.25) is 25.7 Å². The second kappa shape index (κ2) is 8.10. The summed E-state index contributed by atoms with van der Waals surface area (Å²) in [6, 6.07) is 0.737. The van der Waals surface area contributed by atoms with Crippen molar-refractivity contribution in [3.8, 4) is 0 Å². The molecular weight excluding hydrogens is 473 g/mol. The van der Waals surface area contributed by atoms with Crippen molar-refractivity contribution in [3.63, 3.8) is 0 Å². The molecule has 0 saturated heterocycles. The fraction of sp³-hybridized carbons (Fsp3) is 0.417. The first-order chi connectivity index (χ1) is 13.7. The molecule has 0 atom stereocenters. The highest BCUT2D eigenvalue weighted by molar-refractivity contribution is 5.95. The summed E-state index contributed by atoms with van der Waals surface area (Å²) in [7, 11) is 0. The van der Waals surface area contributed by atoms with E-state index in [1.807, 2.05) is 5.10 Å². The van der Waals surface area contributed by atoms with Gasteiger partial charge in [-0.2, -0.15) is 53.4 Å². The fourth-order valence-corrected chi connectivity index (χ4v) is 1.96. The van der Waals surface area contributed by atoms with E-state index in [9.17, 15) is 68.5 Å². The Kier molecular flexibility index (Phi) is 6.73. The Morgan fingerprint density at radius 1 is 0.871 bits per heavy atom. The normalized spacial score (nSPS) is 14.0. The lowest BCUT2D eigenvalue weighted by Crippen LogP contribution is -2.55. The van der Waals surface area contributed by atoms with Crippen molar-refractivity contribution in [2.24, 2.45) is 11.0 Å². The van der Waals surface area contributed by atoms with Crippen LogP contribution in [0.25, 0.3) is 0 Å². The Labute approximate surface area is 161 Å². The van der Waals surface area contributed by atoms with Crippen LogP contribution in [0, 0.1) is 26.1 Å². The number of nitrogens with zero attached hydrogens (tertiary/aromatic N) is 3. The monoisotopic (exact) mass is 478 g/mol. The average molecular weight is 478 g/mol. The van der Waals surface area contributed by atoms with E-state index in [4.69, 9.17) is 0 Å². The molecule has 19 heteroatoms. The number of rotatable bonds is 6. The summed E-state index contributed by atoms with van der Waals surface area (Å²) in [5, 5.41) is 23.3. The van der Waals surface area contributed by atoms with Gasteiger partial charge in [0.1, 0.15) is 11.4 Å². The smallest absolute Gasteiger partial charge is 0.272 e. The van der Waals surface area contributed by atoms with Crippen molar-refractivity contribution in [1.29, 1.82) is 0 Å². The van der Waals surface area contributed by atoms with Gasteiger partial charge in [0.2, 0.25) is 0 Å². The van der Waals surface area contributed by atoms with Gasteiger partial charge in [0.15, 0.2) is 5.92 Å². The molecular formula is C12H5F11N4O4. The fourth-order valence-electron chi connectivity index (χ4n) is 1.96. The van der Waals surface area contributed by atoms with Crippen LogP contribution in [0.15, 0.2) is 23.3 Å². The third-order valence-corrected chi connectivity index (χ3v) is 3.29. The number of benzene rings is 1. The molecule has 0 aliphatic rings. The predicted octanol–water partition coefficient (Wildman–Crippen LogP) is 5.21. The molecule has 0 aliphatic heterocycles. The van der Waals surface area contributed by atoms with Gasteiger partial charge in [-0.05, 0) is 6.07 Å². The number of alkyl halides is 11. The summed E-state index contributed by atoms with van der Waals surface area (Å²) < 4.78 is 141. The Bertz CT molecular complexity index is 878. The first-order valence-corrected chi connectivity index (χ1v) is 7.06. The molecule has 1 N–H and O–H groups in total. The minimum atomic E-state index is -6.97. The Morgan fingerprint density at radius 3 is 1.71 bits per heavy atom. The van der Waals surface area contributed by atoms with E-state index in [1.165, 1.54) is 0 Å². The summed E-state index contributed by atoms with van der Waals surface area (Å²) >= 11 is 0. The van der Waals surface area contributed by atoms with Crippen LogP contribution in [0.2, 0.25) is 0 Å². The molecule has 0 unspecified atom stereocenters. The minimum absolute atomic E-state index is 0.102. The first-order valence-electron chi connectivity index (χ1n) is 7.06. The molecule has 1 aromatic rings. The number of hydrogen-bond donors (Lipinski definition) is 1. The predicted molar refractivity (Wildman–Crippen MR) is 77.4 cm³/mol. The van der Waals surface area contributed by atoms with Gasteiger partial charge in [0, 0.05) is 6.07 Å². The maximum absolute atomic E-state index is 13.5. The van der Waals surface area contributed by atoms with E-state index < -0.39 is 63.0 Å². The van der Waals surface area contributed by atoms with E-state index in [2.05, 4.69) is 0 Å². The third-order valence-electron chi connectivity index (χ3n) is 3.29. The van der Waals surface area contributed by atoms with Crippen LogP contribution in [-0.2, 0) is 0 Å². The van der Waals surface area contributed by atoms with Gasteiger partial charge in [-0.1, -0.05) is 0 Å². The van der Waals surface area contributed by atoms with Crippen LogP contribution in [0.4, 0.5) is 65.4 Å². The van der Waals surface area contributed by atoms with Crippen LogP contribution in [0.1, 0.15) is 0 Å². The number of halogens is 11. The van der Waals surface area contributed by atoms with Crippen molar-refractivity contribution in [1.82, 2.24) is 0 Å². The molecule has 0 aromatic heterocycles. The van der Waals surface area contributed by atoms with Crippen molar-refractivity contribution in [2.45, 2.75) is 24.5 Å². The molecule has 8 nitrogen and oxygen atoms in total. The molecule has 0 bridgehead atoms. The first kappa shape index (κ1) is 25.8. The summed E-state index contributed by atoms with van der Waals surface area (Å²) in [6.45, 7) is 0. The van der Waals surface area contributed by atoms with Crippen molar-refractivity contribution >= 4 is 22.8 Å². The largest absolute Gasteiger partial charge is 0.459 e. The van der Waals surface area contributed by atoms with Crippen LogP contribution in [0.5, 0.6) is 0 Å². The second-order valence-corrected chi connectivity index (χ2v) is 5.41. The van der Waals surface area contributed by atoms with E-state index in [0.29, 0.717) is 6.07 Å². The van der Waals surface area contributed by atoms with Gasteiger partial charge < -0.3 is 0 Å². The van der Waals surface area contributed by atoms with Crippen molar-refractivity contribution in [2.75, 3.05) is 5.43 Å². The van der Waals surface area contributed by atoms with E-state index in [-0.39, 0.29) is 12.1 Å². The molecule has 0 spiro atoms. The zero-order chi connectivity index (χ0) is 24.6. The summed E-state index contributed by atoms with van der Waals surface area (Å²) in [5.41, 5.74) is -6.69. The highest BCUT2D eigenvalue weighted by Gasteiger charge is 2.71. The number of hydrogen-bond acceptors (Lipinski definition) is 6. The average Bonchev–Trinajstić information content (AvgIpc) is 2.54. The van der Waals surface area contributed by atoms with E-state index in [0.717, 1.165) is 5.43 Å². The van der Waals surface area contributed by atoms with Crippen LogP contribution in [-0.4, -0.2) is 40.0 Å². The molecule has 0 aliphatic carbocycles. The Hall–Kier alpha value is -3.28. The minimum Gasteiger partial charge on any atom is -0.272 e. The molecule has 0 fully saturated rings. The summed E-state index contributed by atoms with van der Waals surface area (Å²) in [5.74, 6) is -12.2. The molecule has 0 heterocycles. The Morgan fingerprint density at radius 2 is 1.35 bits per heavy atom. The maximum atomic E-state index is 13.5. The van der Waals surface area contributed by atoms with Gasteiger partial charge in [-0.15, -0.1) is 0 Å². The summed E-state index contributed by atoms with van der Waals surface area (Å²) in [6.07, 6.45) is -20.4. The highest BCUT2D eigenvalue weighted by atomic mass is 19.4. The SMILES string of the molecule is O=[N+]([O-])c1ccc(N/N=C(/C(C(F)(F)F)C(F)(F)F)C(F)(F)C(F)(F)F)c([N+](=O)[O-])c1. The van der Waals surface area contributed by atoms with Crippen molar-refractivity contribution in [3.05, 3.63) is 38.4 Å². The summed E-state index contributed by atoms with van der Waals surface area (Å²) in [4.78, 5) is 18.7. The van der Waals surface area contributed by atoms with E-state index >= 15 is 0 Å². The van der Waals surface area contributed by atoms with E-state index in [1.54, 1.807) is 0 Å². The molecule has 31 heavy (non-hydrogen) atoms. The number of non-ortho nitro benzene ring substituents is 1. The molecule has 1 aromatic carbocycles. The second-order valence-electron chi connectivity index (χ2n) is 5.41. The highest BCUT2D eigenvalue weighted by Crippen LogP contribution is 2.47. The zero-order valence-electron chi connectivity index (χ0n) is 13.9. The zero-order valence-corrected chi connectivity index (χ0v) is 13.9. The van der Waals surface area contributed by atoms with Gasteiger partial charge in [0.25, 0.3) is 5.69 Å². The third kappa shape index (κ3) is 5.66. The van der Waals surface area contributed by atoms with Gasteiger partial charge >= 0.3 is 30.1 Å². The lowest BCUT2D eigenvalue weighted by atomic mass is 9.96. The standard InChI is InChI=1S/C12H5F11N4O4/c13-9(14,12(21,22)23)8(7(10(15,16)17)11(18,19)20)25-24-5-2-1-4(26(28)29)3-6(5)27(30)31/h1-3,7,24H/b25-8-. The number of hydrazone groups is 1. The molecule has 0 amide bonds. The quantitative estimate of drug-likeness (QED) is 0.261. The van der Waals surface area contributed by atoms with Crippen LogP contribution >= 0.6 is 0 Å². The lowest BCUT2D eigenvalue weighted by Gasteiger charge is -2.29. The maximum Gasteiger partial charge on any atom is 0.459 e. The number of nitrogens with one attached hydrogen (secondary N) is 1. The molecule has 1 rings (SSSR count). The lowest BCUT2D eigenvalue weighted by molar-refractivity contribution is -0.393. The number of nitro benzene ring substituents is 2. The van der Waals surface area contributed by atoms with Crippen LogP contribution < -0.4 is 5.43 Å². The van der Waals surface area contributed by atoms with Crippen molar-refractivity contribution < 1.29 is 58.1 Å². The number of nitro groups is 2. The molecule has 0 radical (unpaired) electrons.